The number of hydrogen-bond donors (Lipinski definition) is 0. The molecule has 2 aromatic rings. The third-order valence-electron chi connectivity index (χ3n) is 6.67. The van der Waals surface area contributed by atoms with Gasteiger partial charge in [-0.2, -0.15) is 0 Å². The number of ether oxygens (including phenoxy) is 1. The van der Waals surface area contributed by atoms with Gasteiger partial charge in [0.2, 0.25) is 0 Å². The lowest BCUT2D eigenvalue weighted by atomic mass is 9.89. The summed E-state index contributed by atoms with van der Waals surface area (Å²) in [4.78, 5) is 28.7. The monoisotopic (exact) mass is 466 g/mol. The van der Waals surface area contributed by atoms with E-state index in [1.807, 2.05) is 0 Å². The number of nitrogens with zero attached hydrogens (tertiary/aromatic N) is 2. The van der Waals surface area contributed by atoms with Crippen molar-refractivity contribution in [2.24, 2.45) is 0 Å². The van der Waals surface area contributed by atoms with E-state index in [2.05, 4.69) is 0 Å². The molecule has 2 amide bonds. The first-order valence-electron chi connectivity index (χ1n) is 10.6. The minimum Gasteiger partial charge on any atom is -0.342 e. The first-order valence-corrected chi connectivity index (χ1v) is 10.6. The van der Waals surface area contributed by atoms with Crippen LogP contribution >= 0.6 is 0 Å². The van der Waals surface area contributed by atoms with Crippen molar-refractivity contribution in [3.8, 4) is 0 Å². The minimum absolute atomic E-state index is 0.000645. The molecule has 3 aliphatic rings. The van der Waals surface area contributed by atoms with Crippen molar-refractivity contribution < 1.29 is 36.3 Å². The zero-order valence-corrected chi connectivity index (χ0v) is 17.3. The lowest BCUT2D eigenvalue weighted by molar-refractivity contribution is -0.142. The van der Waals surface area contributed by atoms with Gasteiger partial charge in [0.1, 0.15) is 40.9 Å². The highest BCUT2D eigenvalue weighted by Crippen LogP contribution is 2.47. The molecule has 33 heavy (non-hydrogen) atoms. The van der Waals surface area contributed by atoms with Crippen LogP contribution in [0.25, 0.3) is 0 Å². The van der Waals surface area contributed by atoms with Gasteiger partial charge < -0.3 is 14.5 Å². The molecule has 174 valence electrons. The van der Waals surface area contributed by atoms with Crippen molar-refractivity contribution in [1.82, 2.24) is 9.80 Å². The normalized spacial score (nSPS) is 24.0. The van der Waals surface area contributed by atoms with Gasteiger partial charge in [-0.05, 0) is 30.5 Å². The standard InChI is InChI=1S/C23H19F5N2O3/c24-13-7-12(8-14(25)9-13)18-1-2-19-30(18)22(32)23(33-19)3-5-29(6-4-23)21(31)20-16(27)10-15(26)11-17(20)28/h7-11,18-19H,1-6H2/t18-,19+/m0/s1. The van der Waals surface area contributed by atoms with Crippen molar-refractivity contribution >= 4 is 11.8 Å². The second kappa shape index (κ2) is 7.79. The molecule has 0 bridgehead atoms. The molecule has 3 aliphatic heterocycles. The van der Waals surface area contributed by atoms with Crippen LogP contribution in [0.1, 0.15) is 47.6 Å². The van der Waals surface area contributed by atoms with Crippen LogP contribution in [0.5, 0.6) is 0 Å². The predicted octanol–water partition coefficient (Wildman–Crippen LogP) is 4.08. The molecule has 0 aliphatic carbocycles. The van der Waals surface area contributed by atoms with Crippen molar-refractivity contribution in [3.63, 3.8) is 0 Å². The number of carbonyl (C=O) groups is 2. The van der Waals surface area contributed by atoms with Crippen LogP contribution in [0.15, 0.2) is 30.3 Å². The van der Waals surface area contributed by atoms with E-state index in [9.17, 15) is 31.5 Å². The van der Waals surface area contributed by atoms with Crippen LogP contribution < -0.4 is 0 Å². The van der Waals surface area contributed by atoms with Crippen molar-refractivity contribution in [2.45, 2.75) is 43.6 Å². The Kier molecular flexibility index (Phi) is 5.15. The summed E-state index contributed by atoms with van der Waals surface area (Å²) in [6, 6.07) is 3.50. The summed E-state index contributed by atoms with van der Waals surface area (Å²) in [6.07, 6.45) is 0.620. The molecule has 3 saturated heterocycles. The molecule has 0 saturated carbocycles. The SMILES string of the molecule is O=C(c1c(F)cc(F)cc1F)N1CCC2(CC1)O[C@@H]1CC[C@@H](c3cc(F)cc(F)c3)N1C2=O. The molecule has 2 aromatic carbocycles. The number of rotatable bonds is 2. The Morgan fingerprint density at radius 3 is 2.06 bits per heavy atom. The molecule has 5 rings (SSSR count). The van der Waals surface area contributed by atoms with Gasteiger partial charge >= 0.3 is 0 Å². The van der Waals surface area contributed by atoms with E-state index in [1.165, 1.54) is 21.9 Å². The first kappa shape index (κ1) is 21.8. The summed E-state index contributed by atoms with van der Waals surface area (Å²) in [6.45, 7) is 0.00129. The fourth-order valence-electron chi connectivity index (χ4n) is 5.12. The maximum absolute atomic E-state index is 14.0. The Bertz CT molecular complexity index is 1110. The number of carbonyl (C=O) groups excluding carboxylic acids is 2. The Morgan fingerprint density at radius 1 is 0.879 bits per heavy atom. The van der Waals surface area contributed by atoms with Gasteiger partial charge in [0.15, 0.2) is 5.60 Å². The maximum atomic E-state index is 14.0. The van der Waals surface area contributed by atoms with Crippen LogP contribution in [0.3, 0.4) is 0 Å². The van der Waals surface area contributed by atoms with Crippen LogP contribution in [-0.4, -0.2) is 46.5 Å². The number of fused-ring (bicyclic) bond motifs is 1. The fourth-order valence-corrected chi connectivity index (χ4v) is 5.12. The van der Waals surface area contributed by atoms with Crippen molar-refractivity contribution in [1.29, 1.82) is 0 Å². The van der Waals surface area contributed by atoms with Gasteiger partial charge in [-0.1, -0.05) is 0 Å². The number of hydrogen-bond acceptors (Lipinski definition) is 3. The number of piperidine rings is 1. The third kappa shape index (κ3) is 3.56. The molecule has 5 nitrogen and oxygen atoms in total. The molecule has 3 heterocycles. The topological polar surface area (TPSA) is 49.9 Å². The lowest BCUT2D eigenvalue weighted by Crippen LogP contribution is -2.51. The van der Waals surface area contributed by atoms with E-state index in [0.717, 1.165) is 6.07 Å². The summed E-state index contributed by atoms with van der Waals surface area (Å²) >= 11 is 0. The second-order valence-corrected chi connectivity index (χ2v) is 8.61. The van der Waals surface area contributed by atoms with Gasteiger partial charge in [-0.3, -0.25) is 9.59 Å². The van der Waals surface area contributed by atoms with E-state index in [1.54, 1.807) is 0 Å². The predicted molar refractivity (Wildman–Crippen MR) is 104 cm³/mol. The van der Waals surface area contributed by atoms with Crippen LogP contribution in [0, 0.1) is 29.1 Å². The molecular weight excluding hydrogens is 447 g/mol. The summed E-state index contributed by atoms with van der Waals surface area (Å²) < 4.78 is 74.7. The summed E-state index contributed by atoms with van der Waals surface area (Å²) in [7, 11) is 0. The van der Waals surface area contributed by atoms with Crippen LogP contribution in [0.4, 0.5) is 22.0 Å². The summed E-state index contributed by atoms with van der Waals surface area (Å²) in [5.74, 6) is -6.44. The molecule has 0 aromatic heterocycles. The molecule has 2 atom stereocenters. The van der Waals surface area contributed by atoms with Gasteiger partial charge in [-0.15, -0.1) is 0 Å². The molecule has 0 N–H and O–H groups in total. The quantitative estimate of drug-likeness (QED) is 0.627. The smallest absolute Gasteiger partial charge is 0.259 e. The molecule has 3 fully saturated rings. The number of benzene rings is 2. The van der Waals surface area contributed by atoms with Crippen LogP contribution in [0.2, 0.25) is 0 Å². The highest BCUT2D eigenvalue weighted by Gasteiger charge is 2.58. The van der Waals surface area contributed by atoms with Crippen molar-refractivity contribution in [3.05, 3.63) is 70.5 Å². The average Bonchev–Trinajstić information content (AvgIpc) is 3.25. The second-order valence-electron chi connectivity index (χ2n) is 8.61. The number of halogens is 5. The fraction of sp³-hybridized carbons (Fsp3) is 0.391. The summed E-state index contributed by atoms with van der Waals surface area (Å²) in [5.41, 5.74) is -1.72. The highest BCUT2D eigenvalue weighted by atomic mass is 19.2. The molecule has 0 unspecified atom stereocenters. The molecular formula is C23H19F5N2O3. The Hall–Kier alpha value is -3.01. The zero-order chi connectivity index (χ0) is 23.5. The van der Waals surface area contributed by atoms with Gasteiger partial charge in [0, 0.05) is 44.1 Å². The highest BCUT2D eigenvalue weighted by molar-refractivity contribution is 5.95. The minimum atomic E-state index is -1.29. The maximum Gasteiger partial charge on any atom is 0.259 e. The largest absolute Gasteiger partial charge is 0.342 e. The van der Waals surface area contributed by atoms with E-state index in [-0.39, 0.29) is 31.8 Å². The van der Waals surface area contributed by atoms with E-state index < -0.39 is 58.4 Å². The zero-order valence-electron chi connectivity index (χ0n) is 17.3. The first-order chi connectivity index (χ1) is 15.7. The third-order valence-corrected chi connectivity index (χ3v) is 6.67. The van der Waals surface area contributed by atoms with Crippen molar-refractivity contribution in [2.75, 3.05) is 13.1 Å². The lowest BCUT2D eigenvalue weighted by Gasteiger charge is -2.37. The van der Waals surface area contributed by atoms with Gasteiger partial charge in [-0.25, -0.2) is 22.0 Å². The molecule has 1 spiro atoms. The number of likely N-dealkylation sites (tertiary alicyclic amines) is 1. The summed E-state index contributed by atoms with van der Waals surface area (Å²) in [5, 5.41) is 0. The Morgan fingerprint density at radius 2 is 1.45 bits per heavy atom. The molecule has 0 radical (unpaired) electrons. The van der Waals surface area contributed by atoms with Gasteiger partial charge in [0.05, 0.1) is 6.04 Å². The number of amides is 2. The van der Waals surface area contributed by atoms with Gasteiger partial charge in [0.25, 0.3) is 11.8 Å². The Labute approximate surface area is 185 Å². The molecule has 10 heteroatoms. The van der Waals surface area contributed by atoms with E-state index in [4.69, 9.17) is 4.74 Å². The van der Waals surface area contributed by atoms with E-state index >= 15 is 0 Å². The van der Waals surface area contributed by atoms with E-state index in [0.29, 0.717) is 30.5 Å². The Balaban J connectivity index is 1.33. The van der Waals surface area contributed by atoms with Crippen LogP contribution in [-0.2, 0) is 9.53 Å². The average molecular weight is 466 g/mol.